The van der Waals surface area contributed by atoms with Gasteiger partial charge in [-0.3, -0.25) is 9.59 Å². The molecule has 2 amide bonds. The van der Waals surface area contributed by atoms with Crippen molar-refractivity contribution in [1.29, 1.82) is 0 Å². The van der Waals surface area contributed by atoms with Crippen molar-refractivity contribution in [2.75, 3.05) is 11.9 Å². The van der Waals surface area contributed by atoms with Gasteiger partial charge in [-0.15, -0.1) is 0 Å². The Morgan fingerprint density at radius 1 is 1.27 bits per heavy atom. The normalized spacial score (nSPS) is 12.6. The lowest BCUT2D eigenvalue weighted by Gasteiger charge is -2.12. The summed E-state index contributed by atoms with van der Waals surface area (Å²) in [5.74, 6) is -2.04. The Hall–Kier alpha value is -2.09. The molecule has 0 bridgehead atoms. The Morgan fingerprint density at radius 3 is 2.45 bits per heavy atom. The lowest BCUT2D eigenvalue weighted by atomic mass is 10.1. The van der Waals surface area contributed by atoms with Crippen molar-refractivity contribution in [1.82, 2.24) is 5.32 Å². The molecule has 5 nitrogen and oxygen atoms in total. The van der Waals surface area contributed by atoms with E-state index in [1.165, 1.54) is 19.9 Å². The fourth-order valence-corrected chi connectivity index (χ4v) is 1.59. The van der Waals surface area contributed by atoms with Crippen LogP contribution in [0.25, 0.3) is 0 Å². The van der Waals surface area contributed by atoms with E-state index < -0.39 is 29.7 Å². The minimum Gasteiger partial charge on any atom is -0.393 e. The minimum atomic E-state index is -4.54. The molecule has 0 aromatic heterocycles. The van der Waals surface area contributed by atoms with Crippen molar-refractivity contribution in [2.45, 2.75) is 32.5 Å². The van der Waals surface area contributed by atoms with E-state index in [1.807, 2.05) is 0 Å². The first kappa shape index (κ1) is 18.0. The van der Waals surface area contributed by atoms with Gasteiger partial charge in [0.25, 0.3) is 0 Å². The summed E-state index contributed by atoms with van der Waals surface area (Å²) >= 11 is 0. The van der Waals surface area contributed by atoms with Crippen molar-refractivity contribution in [3.05, 3.63) is 29.3 Å². The van der Waals surface area contributed by atoms with Gasteiger partial charge in [0.1, 0.15) is 0 Å². The predicted octanol–water partition coefficient (Wildman–Crippen LogP) is 1.84. The molecule has 1 aromatic carbocycles. The number of rotatable bonds is 4. The molecular weight excluding hydrogens is 301 g/mol. The molecule has 0 fully saturated rings. The third-order valence-corrected chi connectivity index (χ3v) is 2.87. The van der Waals surface area contributed by atoms with E-state index in [-0.39, 0.29) is 18.7 Å². The van der Waals surface area contributed by atoms with E-state index in [2.05, 4.69) is 10.6 Å². The number of carbonyl (C=O) groups excluding carboxylic acids is 2. The predicted molar refractivity (Wildman–Crippen MR) is 74.1 cm³/mol. The molecule has 1 rings (SSSR count). The number of carbonyl (C=O) groups is 2. The van der Waals surface area contributed by atoms with E-state index in [9.17, 15) is 22.8 Å². The molecule has 1 unspecified atom stereocenters. The summed E-state index contributed by atoms with van der Waals surface area (Å²) in [4.78, 5) is 23.1. The van der Waals surface area contributed by atoms with Crippen LogP contribution in [0.1, 0.15) is 24.5 Å². The molecule has 0 aliphatic heterocycles. The maximum absolute atomic E-state index is 12.6. The number of alkyl halides is 3. The van der Waals surface area contributed by atoms with Crippen LogP contribution < -0.4 is 10.6 Å². The topological polar surface area (TPSA) is 78.4 Å². The summed E-state index contributed by atoms with van der Waals surface area (Å²) in [6.45, 7) is 3.13. The van der Waals surface area contributed by atoms with Crippen LogP contribution in [-0.4, -0.2) is 29.6 Å². The second-order valence-electron chi connectivity index (χ2n) is 4.88. The first-order valence-corrected chi connectivity index (χ1v) is 6.56. The van der Waals surface area contributed by atoms with Crippen molar-refractivity contribution < 1.29 is 27.9 Å². The Balaban J connectivity index is 2.73. The van der Waals surface area contributed by atoms with Gasteiger partial charge in [0.15, 0.2) is 0 Å². The van der Waals surface area contributed by atoms with E-state index in [0.717, 1.165) is 12.1 Å². The van der Waals surface area contributed by atoms with Crippen LogP contribution in [0.4, 0.5) is 18.9 Å². The lowest BCUT2D eigenvalue weighted by Crippen LogP contribution is -2.36. The van der Waals surface area contributed by atoms with E-state index in [0.29, 0.717) is 5.56 Å². The van der Waals surface area contributed by atoms with Gasteiger partial charge >= 0.3 is 18.0 Å². The number of halogens is 3. The molecule has 0 saturated carbocycles. The Bertz CT molecular complexity index is 557. The molecule has 122 valence electrons. The van der Waals surface area contributed by atoms with Crippen LogP contribution in [0.3, 0.4) is 0 Å². The molecular formula is C14H17F3N2O3. The van der Waals surface area contributed by atoms with Gasteiger partial charge in [-0.1, -0.05) is 6.07 Å². The van der Waals surface area contributed by atoms with Crippen LogP contribution in [0, 0.1) is 6.92 Å². The number of amides is 2. The Labute approximate surface area is 125 Å². The largest absolute Gasteiger partial charge is 0.416 e. The van der Waals surface area contributed by atoms with Gasteiger partial charge in [-0.2, -0.15) is 13.2 Å². The summed E-state index contributed by atoms with van der Waals surface area (Å²) in [6.07, 6.45) is -4.90. The number of aryl methyl sites for hydroxylation is 1. The lowest BCUT2D eigenvalue weighted by molar-refractivity contribution is -0.137. The van der Waals surface area contributed by atoms with Gasteiger partial charge in [-0.25, -0.2) is 0 Å². The summed E-state index contributed by atoms with van der Waals surface area (Å²) in [5.41, 5.74) is -0.591. The Kier molecular flexibility index (Phi) is 5.92. The fourth-order valence-electron chi connectivity index (χ4n) is 1.59. The zero-order valence-corrected chi connectivity index (χ0v) is 12.1. The molecule has 3 N–H and O–H groups in total. The number of hydrogen-bond donors (Lipinski definition) is 3. The molecule has 8 heteroatoms. The highest BCUT2D eigenvalue weighted by atomic mass is 19.4. The Morgan fingerprint density at radius 2 is 1.91 bits per heavy atom. The first-order valence-electron chi connectivity index (χ1n) is 6.56. The zero-order valence-electron chi connectivity index (χ0n) is 12.1. The molecule has 1 atom stereocenters. The third kappa shape index (κ3) is 5.36. The minimum absolute atomic E-state index is 0.0782. The quantitative estimate of drug-likeness (QED) is 0.741. The van der Waals surface area contributed by atoms with Gasteiger partial charge in [0.05, 0.1) is 11.7 Å². The number of hydrogen-bond acceptors (Lipinski definition) is 3. The zero-order chi connectivity index (χ0) is 16.9. The molecule has 0 aliphatic rings. The molecule has 0 heterocycles. The third-order valence-electron chi connectivity index (χ3n) is 2.87. The molecule has 0 saturated heterocycles. The van der Waals surface area contributed by atoms with E-state index in [1.54, 1.807) is 0 Å². The number of anilines is 1. The van der Waals surface area contributed by atoms with Crippen molar-refractivity contribution in [3.8, 4) is 0 Å². The standard InChI is InChI=1S/C14H17F3N2O3/c1-8-3-4-10(14(15,16)17)7-11(8)19-13(22)12(21)18-6-5-9(2)20/h3-4,7,9,20H,5-6H2,1-2H3,(H,18,21)(H,19,22). The fraction of sp³-hybridized carbons (Fsp3) is 0.429. The van der Waals surface area contributed by atoms with Gasteiger partial charge in [0, 0.05) is 12.2 Å². The van der Waals surface area contributed by atoms with Crippen LogP contribution in [0.5, 0.6) is 0 Å². The summed E-state index contributed by atoms with van der Waals surface area (Å²) in [6, 6.07) is 2.88. The number of aliphatic hydroxyl groups is 1. The van der Waals surface area contributed by atoms with Gasteiger partial charge in [-0.05, 0) is 38.0 Å². The highest BCUT2D eigenvalue weighted by molar-refractivity contribution is 6.39. The van der Waals surface area contributed by atoms with Crippen molar-refractivity contribution >= 4 is 17.5 Å². The number of benzene rings is 1. The molecule has 1 aromatic rings. The van der Waals surface area contributed by atoms with Crippen molar-refractivity contribution in [3.63, 3.8) is 0 Å². The van der Waals surface area contributed by atoms with Crippen LogP contribution in [-0.2, 0) is 15.8 Å². The monoisotopic (exact) mass is 318 g/mol. The maximum atomic E-state index is 12.6. The highest BCUT2D eigenvalue weighted by Crippen LogP contribution is 2.31. The van der Waals surface area contributed by atoms with E-state index in [4.69, 9.17) is 5.11 Å². The SMILES string of the molecule is Cc1ccc(C(F)(F)F)cc1NC(=O)C(=O)NCCC(C)O. The van der Waals surface area contributed by atoms with Gasteiger partial charge in [0.2, 0.25) is 0 Å². The second kappa shape index (κ2) is 7.26. The highest BCUT2D eigenvalue weighted by Gasteiger charge is 2.31. The molecule has 22 heavy (non-hydrogen) atoms. The molecule has 0 aliphatic carbocycles. The van der Waals surface area contributed by atoms with Crippen molar-refractivity contribution in [2.24, 2.45) is 0 Å². The average molecular weight is 318 g/mol. The molecule has 0 radical (unpaired) electrons. The van der Waals surface area contributed by atoms with Gasteiger partial charge < -0.3 is 15.7 Å². The second-order valence-corrected chi connectivity index (χ2v) is 4.88. The molecule has 0 spiro atoms. The summed E-state index contributed by atoms with van der Waals surface area (Å²) in [7, 11) is 0. The average Bonchev–Trinajstić information content (AvgIpc) is 2.39. The first-order chi connectivity index (χ1) is 10.1. The van der Waals surface area contributed by atoms with Crippen LogP contribution in [0.2, 0.25) is 0 Å². The summed E-state index contributed by atoms with van der Waals surface area (Å²) in [5, 5.41) is 13.4. The smallest absolute Gasteiger partial charge is 0.393 e. The van der Waals surface area contributed by atoms with E-state index >= 15 is 0 Å². The summed E-state index contributed by atoms with van der Waals surface area (Å²) < 4.78 is 37.9. The number of nitrogens with one attached hydrogen (secondary N) is 2. The maximum Gasteiger partial charge on any atom is 0.416 e. The number of aliphatic hydroxyl groups excluding tert-OH is 1. The van der Waals surface area contributed by atoms with Crippen LogP contribution in [0.15, 0.2) is 18.2 Å². The van der Waals surface area contributed by atoms with Crippen LogP contribution >= 0.6 is 0 Å².